The molecule has 134 heavy (non-hydrogen) atoms. The third kappa shape index (κ3) is 38.0. The largest absolute Gasteiger partial charge is 0.642 e. The number of carbonyl (C=O) groups is 11. The van der Waals surface area contributed by atoms with E-state index in [2.05, 4.69) is 78.2 Å². The number of benzene rings is 4. The van der Waals surface area contributed by atoms with Gasteiger partial charge in [0, 0.05) is 100 Å². The number of aliphatic hydroxyl groups is 19. The number of nitrogens with two attached hydrogens (primary N) is 2. The minimum Gasteiger partial charge on any atom is -0.642 e. The van der Waals surface area contributed by atoms with Gasteiger partial charge in [-0.25, -0.2) is 0 Å². The van der Waals surface area contributed by atoms with E-state index in [4.69, 9.17) is 47.2 Å². The van der Waals surface area contributed by atoms with Crippen LogP contribution in [0, 0.1) is 5.92 Å². The van der Waals surface area contributed by atoms with Crippen LogP contribution < -0.4 is 78.6 Å². The Hall–Kier alpha value is -11.2. The molecule has 12 unspecified atom stereocenters. The molecule has 33 N–H and O–H groups in total. The molecule has 0 aliphatic carbocycles. The van der Waals surface area contributed by atoms with Crippen LogP contribution in [0.2, 0.25) is 0 Å². The molecule has 1 aliphatic heterocycles. The Labute approximate surface area is 779 Å². The molecule has 0 fully saturated rings. The Morgan fingerprint density at radius 2 is 1.04 bits per heavy atom. The summed E-state index contributed by atoms with van der Waals surface area (Å²) in [4.78, 5) is 151. The number of anilines is 1. The van der Waals surface area contributed by atoms with Gasteiger partial charge >= 0.3 is 104 Å². The zero-order chi connectivity index (χ0) is 100. The predicted molar refractivity (Wildman–Crippen MR) is 477 cm³/mol. The summed E-state index contributed by atoms with van der Waals surface area (Å²) in [6, 6.07) is 23.0. The van der Waals surface area contributed by atoms with Crippen molar-refractivity contribution in [3.63, 3.8) is 0 Å². The first kappa shape index (κ1) is 115. The second-order valence-electron chi connectivity index (χ2n) is 31.1. The Morgan fingerprint density at radius 1 is 0.590 bits per heavy atom. The number of aliphatic imine (C=N–C) groups is 1. The summed E-state index contributed by atoms with van der Waals surface area (Å²) in [7, 11) is -0.595. The molecule has 6 rings (SSSR count). The van der Waals surface area contributed by atoms with E-state index in [1.165, 1.54) is 66.7 Å². The second-order valence-corrected chi connectivity index (χ2v) is 33.9. The predicted octanol–water partition coefficient (Wildman–Crippen LogP) is -9.95. The number of aromatic nitrogens is 1. The Kier molecular flexibility index (Phi) is 50.6. The summed E-state index contributed by atoms with van der Waals surface area (Å²) in [6.45, 7) is 0.203. The molecule has 0 radical (unpaired) electrons. The molecule has 5 aromatic rings. The fourth-order valence-corrected chi connectivity index (χ4v) is 15.2. The second kappa shape index (κ2) is 58.9. The van der Waals surface area contributed by atoms with Crippen molar-refractivity contribution in [3.8, 4) is 0 Å². The van der Waals surface area contributed by atoms with Gasteiger partial charge in [0.2, 0.25) is 29.5 Å². The van der Waals surface area contributed by atoms with Crippen molar-refractivity contribution in [2.45, 2.75) is 162 Å². The number of aliphatic carboxylic acids is 1. The fraction of sp³-hybridized carbons (Fsp3) is 0.488. The van der Waals surface area contributed by atoms with Gasteiger partial charge in [-0.2, -0.15) is 0 Å². The number of aliphatic hydroxyl groups excluding tert-OH is 19. The van der Waals surface area contributed by atoms with E-state index >= 15 is 0 Å². The van der Waals surface area contributed by atoms with Crippen LogP contribution in [0.25, 0.3) is 5.32 Å². The molecule has 4 aromatic carbocycles. The van der Waals surface area contributed by atoms with Gasteiger partial charge in [-0.05, 0) is 122 Å². The number of unbranched alkanes of at least 4 members (excludes halogenated alkanes) is 2. The molecule has 1 aliphatic rings. The van der Waals surface area contributed by atoms with Crippen molar-refractivity contribution in [2.24, 2.45) is 27.5 Å². The first-order valence-electron chi connectivity index (χ1n) is 41.7. The normalized spacial score (nSPS) is 17.3. The van der Waals surface area contributed by atoms with Gasteiger partial charge in [0.1, 0.15) is 89.0 Å². The van der Waals surface area contributed by atoms with Gasteiger partial charge in [0.05, 0.1) is 58.4 Å². The van der Waals surface area contributed by atoms with E-state index in [-0.39, 0.29) is 90.2 Å². The molecule has 0 spiro atoms. The van der Waals surface area contributed by atoms with Gasteiger partial charge in [-0.15, -0.1) is 0 Å². The molecule has 2 bridgehead atoms. The van der Waals surface area contributed by atoms with Gasteiger partial charge < -0.3 is 166 Å². The number of fused-ring (bicyclic) bond motifs is 2. The molecular formula is C84H121N17O31PTc+. The van der Waals surface area contributed by atoms with E-state index in [0.29, 0.717) is 58.7 Å². The zero-order valence-electron chi connectivity index (χ0n) is 73.3. The number of hydrogen-bond donors (Lipinski definition) is 31. The number of pyridine rings is 1. The number of amides is 10. The van der Waals surface area contributed by atoms with Crippen LogP contribution in [0.4, 0.5) is 11.5 Å². The van der Waals surface area contributed by atoms with Crippen LogP contribution in [0.15, 0.2) is 132 Å². The van der Waals surface area contributed by atoms with Crippen LogP contribution in [0.1, 0.15) is 116 Å². The average Bonchev–Trinajstić information content (AvgIpc) is 0.797. The number of carboxylic acids is 1. The number of carbonyl (C=O) groups excluding carboxylic acids is 10. The van der Waals surface area contributed by atoms with Crippen molar-refractivity contribution in [3.05, 3.63) is 160 Å². The number of rotatable bonds is 46. The van der Waals surface area contributed by atoms with Crippen LogP contribution >= 0.6 is 7.92 Å². The third-order valence-corrected chi connectivity index (χ3v) is 23.4. The van der Waals surface area contributed by atoms with Gasteiger partial charge in [0.15, 0.2) is 5.96 Å². The number of nitrogens with zero attached hydrogens (tertiary/aromatic N) is 6. The molecule has 0 saturated carbocycles. The van der Waals surface area contributed by atoms with Gasteiger partial charge in [-0.3, -0.25) is 52.9 Å². The van der Waals surface area contributed by atoms with Crippen molar-refractivity contribution in [1.82, 2.24) is 55.8 Å². The molecular weight excluding hydrogens is 1870 g/mol. The third-order valence-electron chi connectivity index (χ3n) is 20.4. The summed E-state index contributed by atoms with van der Waals surface area (Å²) in [5.74, 6) is -7.82. The number of nitrogens with one attached hydrogen (secondary N) is 9. The standard InChI is InChI=1S/C39H54N13O8.C39H54N3O18P.C6H12NO5.Tc/c1-22(2)33-38(60)52(4)29(9-8-14-44-39(40)41)37(59)47-21-32(55)49-28(15-23(3)53)36(58)46-19-24-16-26(35(57)50-33)18-27(17-24)48-31(54)10-6-5-7-13-43-34(56)25-11-12-30(51-42)45-20-25;43-16-28(49)34(55)31(52)25(46)13-40-37(58)19-1-7-22(8-2-19)61(23-9-3-20(4-10-23)38(59)41-14-26(47)32(53)35(56)29(50)17-44)24-11-5-21(6-12-24)39(60)42-15-27(48)33(54)36(57)30(51)18-45;8-2-6(3-9,4-10)7-1-5(11)12;/h11-12,16-18,20,22,28-29,33,53H,3,5-10,13-15,19,21H2,1-2,4H3,(H,43,56)(H,46,58)(H,47,59)(H,48,54)(H,49,55)(H,50,57)(H4,40,41,44);1-12,25-36,43-57H,13-18H2,(H,40,58)(H,41,59)(H,42,60);8-10H,1-4H2,(H,11,12);/q-1;;-1;+2/p+1/t28-,29-,33+;;;/m0.../s1. The average molecular weight is 1990 g/mol. The Morgan fingerprint density at radius 3 is 1.45 bits per heavy atom. The van der Waals surface area contributed by atoms with Crippen LogP contribution in [-0.2, 0) is 54.0 Å². The Balaban J connectivity index is 0.000000498. The molecule has 2 heterocycles. The number of likely N-dealkylation sites (N-methyl/N-ethyl adjacent to an activating group) is 1. The maximum atomic E-state index is 14.0. The molecule has 15 atom stereocenters. The topological polar surface area (TPSA) is 822 Å². The summed E-state index contributed by atoms with van der Waals surface area (Å²) in [5, 5.41) is 223. The van der Waals surface area contributed by atoms with E-state index in [1.54, 1.807) is 87.2 Å². The maximum Gasteiger partial charge on any atom is 0.282 e. The minimum atomic E-state index is -2.00. The van der Waals surface area contributed by atoms with Crippen molar-refractivity contribution < 1.29 is 174 Å². The number of carboxylic acid groups (broad SMARTS) is 1. The fourth-order valence-electron chi connectivity index (χ4n) is 12.5. The monoisotopic (exact) mass is 1990 g/mol. The van der Waals surface area contributed by atoms with Gasteiger partial charge in [0.25, 0.3) is 29.6 Å². The molecule has 48 nitrogen and oxygen atoms in total. The minimum absolute atomic E-state index is 0.0550. The van der Waals surface area contributed by atoms with Crippen LogP contribution in [0.5, 0.6) is 0 Å². The first-order valence-corrected chi connectivity index (χ1v) is 44.1. The number of hydrogen-bond acceptors (Lipinski definition) is 33. The van der Waals surface area contributed by atoms with Crippen molar-refractivity contribution >= 4 is 106 Å². The molecule has 1 aromatic heterocycles. The molecule has 10 amide bonds. The smallest absolute Gasteiger partial charge is 0.282 e. The van der Waals surface area contributed by atoms with Crippen LogP contribution in [-0.4, -0.2) is 372 Å². The summed E-state index contributed by atoms with van der Waals surface area (Å²) >= 11 is 1.73. The number of guanidine groups is 1. The zero-order valence-corrected chi connectivity index (χ0v) is 76.2. The Bertz CT molecular complexity index is 4500. The SMILES string of the molecule is C=C(O)C[C@@H]1NC(=O)CNC(=O)[C@H](CCCN=C(N)N)N(C)C(=O)[C@@H](C(C)C)NC(=O)c2cc(cc(NC(=O)CCCCCNC(=O)c3ccc(N=[N+]=[Tc])nc3)c2)CNC1=O.O=C(NCC(O)C(O)C(O)C(O)CO)c1ccc([PH+](c2ccc(C(=O)NCC(O)C(O)C(O)C(O)CO)cc2)c2ccc(C(=O)NCC(O)C(O)C(O)C(O)CO)cc2)cc1.O=C(O)C[N-]C(CO)(CO)CO. The van der Waals surface area contributed by atoms with E-state index in [9.17, 15) is 119 Å². The van der Waals surface area contributed by atoms with Gasteiger partial charge in [-0.1, -0.05) is 26.0 Å². The summed E-state index contributed by atoms with van der Waals surface area (Å²) in [5.41, 5.74) is 10.9. The summed E-state index contributed by atoms with van der Waals surface area (Å²) in [6.07, 6.45) is -18.3. The first-order chi connectivity index (χ1) is 63.4. The quantitative estimate of drug-likeness (QED) is 0.00327. The molecule has 0 saturated heterocycles. The van der Waals surface area contributed by atoms with E-state index < -0.39 is 236 Å². The van der Waals surface area contributed by atoms with E-state index in [1.807, 2.05) is 0 Å². The summed E-state index contributed by atoms with van der Waals surface area (Å²) < 4.78 is 3.61. The van der Waals surface area contributed by atoms with Crippen molar-refractivity contribution in [2.75, 3.05) is 97.8 Å². The van der Waals surface area contributed by atoms with Crippen molar-refractivity contribution in [1.29, 1.82) is 0 Å². The van der Waals surface area contributed by atoms with E-state index in [0.717, 1.165) is 0 Å². The van der Waals surface area contributed by atoms with Crippen LogP contribution in [0.3, 0.4) is 0 Å². The molecule has 739 valence electrons. The maximum absolute atomic E-state index is 14.0. The molecule has 50 heteroatoms.